The quantitative estimate of drug-likeness (QED) is 0.803. The van der Waals surface area contributed by atoms with Crippen LogP contribution in [0.15, 0.2) is 6.07 Å². The van der Waals surface area contributed by atoms with Crippen LogP contribution in [0.2, 0.25) is 0 Å². The van der Waals surface area contributed by atoms with Crippen molar-refractivity contribution in [2.24, 2.45) is 5.92 Å². The molecule has 0 amide bonds. The summed E-state index contributed by atoms with van der Waals surface area (Å²) in [6.45, 7) is 9.71. The normalized spacial score (nSPS) is 15.1. The van der Waals surface area contributed by atoms with Crippen molar-refractivity contribution in [2.75, 3.05) is 7.05 Å². The molecule has 1 heterocycles. The molecule has 0 radical (unpaired) electrons. The molecule has 0 fully saturated rings. The summed E-state index contributed by atoms with van der Waals surface area (Å²) in [5.74, 6) is 0.649. The van der Waals surface area contributed by atoms with Gasteiger partial charge in [0.1, 0.15) is 0 Å². The first kappa shape index (κ1) is 13.2. The lowest BCUT2D eigenvalue weighted by Crippen LogP contribution is -2.26. The minimum atomic E-state index is 0.418. The molecule has 0 bridgehead atoms. The minimum Gasteiger partial charge on any atom is -0.311 e. The lowest BCUT2D eigenvalue weighted by Gasteiger charge is -2.23. The summed E-state index contributed by atoms with van der Waals surface area (Å²) in [6, 6.07) is 2.62. The molecule has 92 valence electrons. The lowest BCUT2D eigenvalue weighted by molar-refractivity contribution is 0.361. The fourth-order valence-electron chi connectivity index (χ4n) is 2.42. The van der Waals surface area contributed by atoms with Crippen molar-refractivity contribution in [3.63, 3.8) is 0 Å². The van der Waals surface area contributed by atoms with Crippen LogP contribution in [0.25, 0.3) is 0 Å². The lowest BCUT2D eigenvalue weighted by atomic mass is 9.94. The Morgan fingerprint density at radius 2 is 2.12 bits per heavy atom. The Kier molecular flexibility index (Phi) is 5.00. The predicted octanol–water partition coefficient (Wildman–Crippen LogP) is 2.91. The largest absolute Gasteiger partial charge is 0.311 e. The maximum atomic E-state index is 4.52. The van der Waals surface area contributed by atoms with Crippen molar-refractivity contribution in [3.05, 3.63) is 17.5 Å². The molecular weight excluding hydrogens is 198 g/mol. The highest BCUT2D eigenvalue weighted by Gasteiger charge is 2.20. The summed E-state index contributed by atoms with van der Waals surface area (Å²) >= 11 is 0. The Labute approximate surface area is 99.2 Å². The summed E-state index contributed by atoms with van der Waals surface area (Å²) in [5, 5.41) is 7.95. The Bertz CT molecular complexity index is 317. The van der Waals surface area contributed by atoms with Gasteiger partial charge in [-0.1, -0.05) is 20.3 Å². The predicted molar refractivity (Wildman–Crippen MR) is 68.5 cm³/mol. The molecule has 0 aliphatic carbocycles. The van der Waals surface area contributed by atoms with E-state index >= 15 is 0 Å². The van der Waals surface area contributed by atoms with Crippen molar-refractivity contribution in [3.8, 4) is 0 Å². The van der Waals surface area contributed by atoms with E-state index in [1.165, 1.54) is 18.5 Å². The second kappa shape index (κ2) is 6.04. The summed E-state index contributed by atoms with van der Waals surface area (Å²) in [6.07, 6.45) is 2.48. The maximum Gasteiger partial charge on any atom is 0.0597 e. The average Bonchev–Trinajstić information content (AvgIpc) is 2.61. The summed E-state index contributed by atoms with van der Waals surface area (Å²) in [4.78, 5) is 0. The fourth-order valence-corrected chi connectivity index (χ4v) is 2.42. The molecule has 0 aromatic carbocycles. The zero-order chi connectivity index (χ0) is 12.1. The SMILES string of the molecule is CCCC(C)C(NC)c1cc(C)nn1CC. The van der Waals surface area contributed by atoms with Crippen LogP contribution in [-0.2, 0) is 6.54 Å². The molecule has 3 heteroatoms. The molecule has 2 unspecified atom stereocenters. The Morgan fingerprint density at radius 1 is 1.44 bits per heavy atom. The molecule has 2 atom stereocenters. The molecule has 0 aliphatic rings. The van der Waals surface area contributed by atoms with Crippen LogP contribution in [0.1, 0.15) is 51.0 Å². The topological polar surface area (TPSA) is 29.9 Å². The first-order chi connectivity index (χ1) is 7.63. The van der Waals surface area contributed by atoms with Crippen molar-refractivity contribution >= 4 is 0 Å². The third-order valence-electron chi connectivity index (χ3n) is 3.18. The van der Waals surface area contributed by atoms with Gasteiger partial charge in [-0.2, -0.15) is 5.10 Å². The van der Waals surface area contributed by atoms with Crippen molar-refractivity contribution in [1.29, 1.82) is 0 Å². The standard InChI is InChI=1S/C13H25N3/c1-6-8-10(3)13(14-5)12-9-11(4)15-16(12)7-2/h9-10,13-14H,6-8H2,1-5H3. The molecule has 0 spiro atoms. The highest BCUT2D eigenvalue weighted by molar-refractivity contribution is 5.14. The van der Waals surface area contributed by atoms with E-state index in [-0.39, 0.29) is 0 Å². The van der Waals surface area contributed by atoms with Gasteiger partial charge < -0.3 is 5.32 Å². The molecular formula is C13H25N3. The van der Waals surface area contributed by atoms with E-state index in [0.717, 1.165) is 12.2 Å². The highest BCUT2D eigenvalue weighted by Crippen LogP contribution is 2.25. The minimum absolute atomic E-state index is 0.418. The van der Waals surface area contributed by atoms with Crippen molar-refractivity contribution in [2.45, 2.75) is 53.1 Å². The van der Waals surface area contributed by atoms with Gasteiger partial charge in [-0.3, -0.25) is 4.68 Å². The van der Waals surface area contributed by atoms with Crippen LogP contribution in [-0.4, -0.2) is 16.8 Å². The van der Waals surface area contributed by atoms with E-state index in [9.17, 15) is 0 Å². The van der Waals surface area contributed by atoms with Crippen LogP contribution < -0.4 is 5.32 Å². The van der Waals surface area contributed by atoms with Gasteiger partial charge in [0, 0.05) is 6.54 Å². The molecule has 1 aromatic rings. The molecule has 3 nitrogen and oxygen atoms in total. The smallest absolute Gasteiger partial charge is 0.0597 e. The summed E-state index contributed by atoms with van der Waals surface area (Å²) in [7, 11) is 2.04. The van der Waals surface area contributed by atoms with E-state index in [0.29, 0.717) is 12.0 Å². The number of aromatic nitrogens is 2. The zero-order valence-corrected chi connectivity index (χ0v) is 11.2. The van der Waals surface area contributed by atoms with Gasteiger partial charge in [0.2, 0.25) is 0 Å². The Balaban J connectivity index is 2.93. The average molecular weight is 223 g/mol. The number of hydrogen-bond acceptors (Lipinski definition) is 2. The zero-order valence-electron chi connectivity index (χ0n) is 11.2. The summed E-state index contributed by atoms with van der Waals surface area (Å²) in [5.41, 5.74) is 2.43. The van der Waals surface area contributed by atoms with E-state index < -0.39 is 0 Å². The summed E-state index contributed by atoms with van der Waals surface area (Å²) < 4.78 is 2.11. The van der Waals surface area contributed by atoms with Gasteiger partial charge in [-0.25, -0.2) is 0 Å². The Morgan fingerprint density at radius 3 is 2.62 bits per heavy atom. The van der Waals surface area contributed by atoms with E-state index in [1.54, 1.807) is 0 Å². The van der Waals surface area contributed by atoms with E-state index in [4.69, 9.17) is 0 Å². The molecule has 1 rings (SSSR count). The Hall–Kier alpha value is -0.830. The van der Waals surface area contributed by atoms with Crippen LogP contribution in [0.4, 0.5) is 0 Å². The highest BCUT2D eigenvalue weighted by atomic mass is 15.3. The molecule has 1 N–H and O–H groups in total. The van der Waals surface area contributed by atoms with Crippen LogP contribution in [0.3, 0.4) is 0 Å². The third-order valence-corrected chi connectivity index (χ3v) is 3.18. The van der Waals surface area contributed by atoms with Crippen molar-refractivity contribution in [1.82, 2.24) is 15.1 Å². The molecule has 0 aliphatic heterocycles. The van der Waals surface area contributed by atoms with Gasteiger partial charge in [-0.05, 0) is 39.3 Å². The fraction of sp³-hybridized carbons (Fsp3) is 0.769. The van der Waals surface area contributed by atoms with Crippen LogP contribution >= 0.6 is 0 Å². The maximum absolute atomic E-state index is 4.52. The van der Waals surface area contributed by atoms with Gasteiger partial charge in [0.25, 0.3) is 0 Å². The van der Waals surface area contributed by atoms with E-state index in [2.05, 4.69) is 48.9 Å². The molecule has 1 aromatic heterocycles. The number of rotatable bonds is 6. The second-order valence-corrected chi connectivity index (χ2v) is 4.56. The molecule has 0 saturated heterocycles. The third kappa shape index (κ3) is 2.85. The van der Waals surface area contributed by atoms with Gasteiger partial charge in [-0.15, -0.1) is 0 Å². The first-order valence-electron chi connectivity index (χ1n) is 6.35. The van der Waals surface area contributed by atoms with Crippen molar-refractivity contribution < 1.29 is 0 Å². The van der Waals surface area contributed by atoms with E-state index in [1.807, 2.05) is 7.05 Å². The van der Waals surface area contributed by atoms with Gasteiger partial charge in [0.15, 0.2) is 0 Å². The number of aryl methyl sites for hydroxylation is 2. The first-order valence-corrected chi connectivity index (χ1v) is 6.35. The number of hydrogen-bond donors (Lipinski definition) is 1. The van der Waals surface area contributed by atoms with Crippen LogP contribution in [0.5, 0.6) is 0 Å². The second-order valence-electron chi connectivity index (χ2n) is 4.56. The molecule has 0 saturated carbocycles. The number of nitrogens with one attached hydrogen (secondary N) is 1. The molecule has 16 heavy (non-hydrogen) atoms. The van der Waals surface area contributed by atoms with Gasteiger partial charge in [0.05, 0.1) is 17.4 Å². The number of nitrogens with zero attached hydrogens (tertiary/aromatic N) is 2. The van der Waals surface area contributed by atoms with Crippen LogP contribution in [0, 0.1) is 12.8 Å². The van der Waals surface area contributed by atoms with Gasteiger partial charge >= 0.3 is 0 Å². The monoisotopic (exact) mass is 223 g/mol.